The number of piperazine rings is 1. The molecule has 3 atom stereocenters. The zero-order valence-electron chi connectivity index (χ0n) is 18.0. The largest absolute Gasteiger partial charge is 0.387 e. The molecule has 0 unspecified atom stereocenters. The van der Waals surface area contributed by atoms with Gasteiger partial charge in [0.1, 0.15) is 31.8 Å². The van der Waals surface area contributed by atoms with Crippen LogP contribution in [0.2, 0.25) is 5.02 Å². The summed E-state index contributed by atoms with van der Waals surface area (Å²) in [6.45, 7) is 9.23. The predicted octanol–water partition coefficient (Wildman–Crippen LogP) is 2.45. The summed E-state index contributed by atoms with van der Waals surface area (Å²) >= 11 is 6.03. The van der Waals surface area contributed by atoms with Crippen molar-refractivity contribution in [2.24, 2.45) is 0 Å². The van der Waals surface area contributed by atoms with Crippen molar-refractivity contribution in [1.29, 1.82) is 0 Å². The average Bonchev–Trinajstić information content (AvgIpc) is 3.06. The number of aliphatic hydroxyl groups is 1. The maximum absolute atomic E-state index is 13.4. The second-order valence-electron chi connectivity index (χ2n) is 8.60. The van der Waals surface area contributed by atoms with Crippen LogP contribution >= 0.6 is 11.6 Å². The Bertz CT molecular complexity index is 972. The lowest BCUT2D eigenvalue weighted by Gasteiger charge is -2.37. The first-order chi connectivity index (χ1) is 14.8. The maximum atomic E-state index is 13.4. The lowest BCUT2D eigenvalue weighted by atomic mass is 9.97. The highest BCUT2D eigenvalue weighted by Gasteiger charge is 2.35. The highest BCUT2D eigenvalue weighted by atomic mass is 35.5. The number of amides is 1. The number of nitrogens with zero attached hydrogens (tertiary/aromatic N) is 5. The Morgan fingerprint density at radius 3 is 2.58 bits per heavy atom. The lowest BCUT2D eigenvalue weighted by molar-refractivity contribution is -0.489. The molecule has 1 saturated heterocycles. The number of aliphatic hydroxyl groups excluding tert-OH is 1. The van der Waals surface area contributed by atoms with Gasteiger partial charge < -0.3 is 14.9 Å². The number of halogens is 1. The van der Waals surface area contributed by atoms with Crippen molar-refractivity contribution >= 4 is 30.0 Å². The molecular weight excluding hydrogens is 414 g/mol. The number of benzene rings is 1. The van der Waals surface area contributed by atoms with Gasteiger partial charge in [-0.3, -0.25) is 4.79 Å². The number of rotatable bonds is 5. The van der Waals surface area contributed by atoms with Crippen molar-refractivity contribution in [3.8, 4) is 0 Å². The van der Waals surface area contributed by atoms with Gasteiger partial charge in [-0.15, -0.1) is 0 Å². The van der Waals surface area contributed by atoms with Gasteiger partial charge in [0.25, 0.3) is 0 Å². The van der Waals surface area contributed by atoms with Crippen molar-refractivity contribution in [3.05, 3.63) is 52.4 Å². The topological polar surface area (TPSA) is 72.6 Å². The minimum atomic E-state index is -0.519. The van der Waals surface area contributed by atoms with Crippen LogP contribution in [-0.4, -0.2) is 76.9 Å². The Morgan fingerprint density at radius 1 is 1.26 bits per heavy atom. The van der Waals surface area contributed by atoms with Gasteiger partial charge >= 0.3 is 0 Å². The molecule has 1 aromatic carbocycles. The molecule has 1 aliphatic carbocycles. The van der Waals surface area contributed by atoms with Crippen LogP contribution in [0.25, 0.3) is 0 Å². The fourth-order valence-electron chi connectivity index (χ4n) is 4.65. The number of hydrogen-bond acceptors (Lipinski definition) is 5. The van der Waals surface area contributed by atoms with Crippen molar-refractivity contribution in [2.45, 2.75) is 31.3 Å². The van der Waals surface area contributed by atoms with Crippen LogP contribution in [0, 0.1) is 0 Å². The van der Waals surface area contributed by atoms with E-state index in [0.717, 1.165) is 22.6 Å². The average molecular weight is 443 g/mol. The Balaban J connectivity index is 1.49. The Labute approximate surface area is 188 Å². The molecule has 2 aliphatic rings. The second-order valence-corrected chi connectivity index (χ2v) is 9.04. The molecule has 8 heteroatoms. The monoisotopic (exact) mass is 442 g/mol. The summed E-state index contributed by atoms with van der Waals surface area (Å²) in [5, 5.41) is 10.9. The van der Waals surface area contributed by atoms with E-state index in [0.29, 0.717) is 44.2 Å². The molecule has 7 nitrogen and oxygen atoms in total. The third-order valence-corrected chi connectivity index (χ3v) is 6.49. The van der Waals surface area contributed by atoms with Crippen LogP contribution in [-0.2, 0) is 4.79 Å². The van der Waals surface area contributed by atoms with E-state index >= 15 is 0 Å². The molecular formula is C23H29ClN5O2+. The molecule has 0 saturated carbocycles. The summed E-state index contributed by atoms with van der Waals surface area (Å²) < 4.78 is 1.80. The van der Waals surface area contributed by atoms with Crippen LogP contribution in [0.3, 0.4) is 0 Å². The van der Waals surface area contributed by atoms with Crippen LogP contribution < -0.4 is 4.90 Å². The van der Waals surface area contributed by atoms with E-state index in [1.807, 2.05) is 36.2 Å². The Morgan fingerprint density at radius 2 is 1.94 bits per heavy atom. The minimum Gasteiger partial charge on any atom is -0.387 e. The number of hydrogen-bond donors (Lipinski definition) is 1. The van der Waals surface area contributed by atoms with E-state index in [-0.39, 0.29) is 17.7 Å². The third kappa shape index (κ3) is 4.43. The zero-order valence-corrected chi connectivity index (χ0v) is 18.8. The normalized spacial score (nSPS) is 21.7. The third-order valence-electron chi connectivity index (χ3n) is 6.23. The van der Waals surface area contributed by atoms with Crippen LogP contribution in [0.15, 0.2) is 30.6 Å². The van der Waals surface area contributed by atoms with Gasteiger partial charge in [0, 0.05) is 36.8 Å². The van der Waals surface area contributed by atoms with Gasteiger partial charge in [0.15, 0.2) is 6.54 Å². The van der Waals surface area contributed by atoms with Gasteiger partial charge in [-0.2, -0.15) is 0 Å². The number of carbonyl (C=O) groups is 1. The molecule has 1 N–H and O–H groups in total. The molecule has 0 bridgehead atoms. The van der Waals surface area contributed by atoms with Crippen molar-refractivity contribution in [3.63, 3.8) is 0 Å². The second kappa shape index (κ2) is 8.93. The van der Waals surface area contributed by atoms with Crippen molar-refractivity contribution < 1.29 is 14.5 Å². The summed E-state index contributed by atoms with van der Waals surface area (Å²) in [5.41, 5.74) is 2.74. The first kappa shape index (κ1) is 21.7. The van der Waals surface area contributed by atoms with Crippen LogP contribution in [0.1, 0.15) is 48.1 Å². The molecule has 2 aromatic rings. The van der Waals surface area contributed by atoms with Crippen molar-refractivity contribution in [2.75, 3.05) is 44.7 Å². The van der Waals surface area contributed by atoms with Crippen LogP contribution in [0.5, 0.6) is 0 Å². The molecule has 0 spiro atoms. The SMILES string of the molecule is C=[N+](C)C[C@H](C(=O)N1CCN(c2ncnc3c2[C@H](C)C[C@H]3O)CC1)c1ccc(Cl)cc1. The minimum absolute atomic E-state index is 0.106. The molecule has 1 fully saturated rings. The van der Waals surface area contributed by atoms with Crippen LogP contribution in [0.4, 0.5) is 5.82 Å². The van der Waals surface area contributed by atoms with E-state index in [9.17, 15) is 9.90 Å². The van der Waals surface area contributed by atoms with E-state index in [1.54, 1.807) is 4.58 Å². The molecule has 4 rings (SSSR count). The first-order valence-electron chi connectivity index (χ1n) is 10.7. The number of fused-ring (bicyclic) bond motifs is 1. The quantitative estimate of drug-likeness (QED) is 0.568. The predicted molar refractivity (Wildman–Crippen MR) is 121 cm³/mol. The number of anilines is 1. The molecule has 164 valence electrons. The Kier molecular flexibility index (Phi) is 6.25. The van der Waals surface area contributed by atoms with Gasteiger partial charge in [-0.05, 0) is 30.0 Å². The molecule has 2 heterocycles. The van der Waals surface area contributed by atoms with E-state index in [4.69, 9.17) is 11.6 Å². The maximum Gasteiger partial charge on any atom is 0.236 e. The van der Waals surface area contributed by atoms with Gasteiger partial charge in [-0.25, -0.2) is 14.5 Å². The fourth-order valence-corrected chi connectivity index (χ4v) is 4.77. The first-order valence-corrected chi connectivity index (χ1v) is 11.1. The molecule has 31 heavy (non-hydrogen) atoms. The Hall–Kier alpha value is -2.51. The zero-order chi connectivity index (χ0) is 22.1. The summed E-state index contributed by atoms with van der Waals surface area (Å²) in [5.74, 6) is 0.939. The summed E-state index contributed by atoms with van der Waals surface area (Å²) in [6.07, 6.45) is 1.70. The molecule has 0 radical (unpaired) electrons. The van der Waals surface area contributed by atoms with E-state index in [2.05, 4.69) is 28.5 Å². The lowest BCUT2D eigenvalue weighted by Crippen LogP contribution is -2.51. The summed E-state index contributed by atoms with van der Waals surface area (Å²) in [6, 6.07) is 7.48. The standard InChI is InChI=1S/C23H29ClN5O2/c1-15-12-19(30)21-20(15)22(26-14-25-21)28-8-10-29(11-9-28)23(31)18(13-27(2)3)16-4-6-17(24)7-5-16/h4-7,14-15,18-19,30H,2,8-13H2,1,3H3/q+1/t15-,18+,19-/m1/s1. The van der Waals surface area contributed by atoms with Gasteiger partial charge in [0.05, 0.1) is 11.8 Å². The number of aromatic nitrogens is 2. The van der Waals surface area contributed by atoms with E-state index in [1.165, 1.54) is 6.33 Å². The summed E-state index contributed by atoms with van der Waals surface area (Å²) in [7, 11) is 1.87. The van der Waals surface area contributed by atoms with E-state index < -0.39 is 6.10 Å². The molecule has 1 amide bonds. The van der Waals surface area contributed by atoms with Gasteiger partial charge in [0.2, 0.25) is 5.91 Å². The highest BCUT2D eigenvalue weighted by molar-refractivity contribution is 6.30. The van der Waals surface area contributed by atoms with Gasteiger partial charge in [-0.1, -0.05) is 30.7 Å². The molecule has 1 aliphatic heterocycles. The highest BCUT2D eigenvalue weighted by Crippen LogP contribution is 2.42. The summed E-state index contributed by atoms with van der Waals surface area (Å²) in [4.78, 5) is 26.4. The molecule has 1 aromatic heterocycles. The number of likely N-dealkylation sites (N-methyl/N-ethyl adjacent to an activating group) is 1. The van der Waals surface area contributed by atoms with Crippen molar-refractivity contribution in [1.82, 2.24) is 14.9 Å². The number of carbonyl (C=O) groups excluding carboxylic acids is 1. The fraction of sp³-hybridized carbons (Fsp3) is 0.478. The smallest absolute Gasteiger partial charge is 0.236 e.